The van der Waals surface area contributed by atoms with Crippen LogP contribution in [0, 0.1) is 4.64 Å². The number of nitrogens with one attached hydrogen (secondary N) is 1. The van der Waals surface area contributed by atoms with Gasteiger partial charge in [-0.1, -0.05) is 12.2 Å². The first-order chi connectivity index (χ1) is 6.16. The SMILES string of the molecule is N[C@@H](CS)C(=O)c1ccc[nH]c1=S. The molecule has 3 nitrogen and oxygen atoms in total. The molecule has 0 saturated heterocycles. The fourth-order valence-electron chi connectivity index (χ4n) is 0.898. The molecule has 0 amide bonds. The number of aromatic nitrogens is 1. The molecule has 0 saturated carbocycles. The maximum absolute atomic E-state index is 11.5. The van der Waals surface area contributed by atoms with Crippen LogP contribution >= 0.6 is 24.8 Å². The highest BCUT2D eigenvalue weighted by atomic mass is 32.1. The van der Waals surface area contributed by atoms with Crippen molar-refractivity contribution in [1.29, 1.82) is 0 Å². The van der Waals surface area contributed by atoms with Crippen molar-refractivity contribution in [3.05, 3.63) is 28.5 Å². The van der Waals surface area contributed by atoms with Crippen LogP contribution < -0.4 is 5.73 Å². The normalized spacial score (nSPS) is 12.5. The minimum Gasteiger partial charge on any atom is -0.352 e. The number of hydrogen-bond donors (Lipinski definition) is 3. The third-order valence-corrected chi connectivity index (χ3v) is 2.35. The molecule has 5 heteroatoms. The third kappa shape index (κ3) is 2.40. The molecule has 0 aliphatic rings. The number of nitrogens with two attached hydrogens (primary N) is 1. The molecule has 1 atom stereocenters. The molecule has 0 aromatic carbocycles. The Hall–Kier alpha value is -0.650. The van der Waals surface area contributed by atoms with Crippen molar-refractivity contribution in [3.8, 4) is 0 Å². The third-order valence-electron chi connectivity index (χ3n) is 1.62. The second-order valence-corrected chi connectivity index (χ2v) is 3.34. The summed E-state index contributed by atoms with van der Waals surface area (Å²) in [5.41, 5.74) is 5.99. The number of carbonyl (C=O) groups excluding carboxylic acids is 1. The van der Waals surface area contributed by atoms with Crippen molar-refractivity contribution in [2.24, 2.45) is 5.73 Å². The molecule has 0 bridgehead atoms. The first kappa shape index (κ1) is 10.4. The van der Waals surface area contributed by atoms with Crippen LogP contribution in [0.2, 0.25) is 0 Å². The van der Waals surface area contributed by atoms with E-state index in [1.54, 1.807) is 18.3 Å². The Labute approximate surface area is 86.8 Å². The quantitative estimate of drug-likeness (QED) is 0.402. The summed E-state index contributed by atoms with van der Waals surface area (Å²) >= 11 is 8.89. The highest BCUT2D eigenvalue weighted by Gasteiger charge is 2.14. The summed E-state index contributed by atoms with van der Waals surface area (Å²) in [4.78, 5) is 14.3. The van der Waals surface area contributed by atoms with Gasteiger partial charge in [0.25, 0.3) is 0 Å². The number of aromatic amines is 1. The first-order valence-corrected chi connectivity index (χ1v) is 4.79. The standard InChI is InChI=1S/C8H10N2OS2/c9-6(4-12)7(11)5-2-1-3-10-8(5)13/h1-3,6,12H,4,9H2,(H,10,13)/t6-/m0/s1. The minimum absolute atomic E-state index is 0.170. The average Bonchev–Trinajstić information content (AvgIpc) is 2.16. The Bertz CT molecular complexity index is 361. The molecule has 0 aliphatic carbocycles. The number of H-pyrrole nitrogens is 1. The number of hydrogen-bond acceptors (Lipinski definition) is 4. The van der Waals surface area contributed by atoms with Crippen LogP contribution in [0.1, 0.15) is 10.4 Å². The van der Waals surface area contributed by atoms with Gasteiger partial charge in [0.2, 0.25) is 0 Å². The Balaban J connectivity index is 3.02. The maximum Gasteiger partial charge on any atom is 0.183 e. The van der Waals surface area contributed by atoms with Gasteiger partial charge in [0.1, 0.15) is 4.64 Å². The van der Waals surface area contributed by atoms with E-state index < -0.39 is 6.04 Å². The molecule has 0 unspecified atom stereocenters. The Morgan fingerprint density at radius 2 is 2.46 bits per heavy atom. The van der Waals surface area contributed by atoms with Crippen LogP contribution in [0.3, 0.4) is 0 Å². The van der Waals surface area contributed by atoms with E-state index in [4.69, 9.17) is 18.0 Å². The number of thiol groups is 1. The number of pyridine rings is 1. The molecule has 13 heavy (non-hydrogen) atoms. The molecular weight excluding hydrogens is 204 g/mol. The van der Waals surface area contributed by atoms with E-state index in [9.17, 15) is 4.79 Å². The largest absolute Gasteiger partial charge is 0.352 e. The second kappa shape index (κ2) is 4.55. The fourth-order valence-corrected chi connectivity index (χ4v) is 1.30. The predicted molar refractivity (Wildman–Crippen MR) is 57.8 cm³/mol. The topological polar surface area (TPSA) is 58.9 Å². The first-order valence-electron chi connectivity index (χ1n) is 3.75. The minimum atomic E-state index is -0.583. The lowest BCUT2D eigenvalue weighted by Gasteiger charge is -2.06. The summed E-state index contributed by atoms with van der Waals surface area (Å²) in [6, 6.07) is 2.79. The summed E-state index contributed by atoms with van der Waals surface area (Å²) < 4.78 is 0.421. The van der Waals surface area contributed by atoms with Crippen molar-refractivity contribution in [2.45, 2.75) is 6.04 Å². The van der Waals surface area contributed by atoms with Gasteiger partial charge in [-0.25, -0.2) is 0 Å². The fraction of sp³-hybridized carbons (Fsp3) is 0.250. The number of ketones is 1. The second-order valence-electron chi connectivity index (χ2n) is 2.57. The molecular formula is C8H10N2OS2. The van der Waals surface area contributed by atoms with Crippen LogP contribution in [0.5, 0.6) is 0 Å². The Kier molecular flexibility index (Phi) is 3.65. The molecule has 0 radical (unpaired) electrons. The lowest BCUT2D eigenvalue weighted by atomic mass is 10.1. The molecule has 0 aliphatic heterocycles. The summed E-state index contributed by atoms with van der Waals surface area (Å²) in [5, 5.41) is 0. The molecule has 1 aromatic rings. The van der Waals surface area contributed by atoms with Gasteiger partial charge in [-0.3, -0.25) is 4.79 Å². The molecule has 1 aromatic heterocycles. The van der Waals surface area contributed by atoms with Gasteiger partial charge in [0, 0.05) is 11.9 Å². The summed E-state index contributed by atoms with van der Waals surface area (Å²) in [7, 11) is 0. The van der Waals surface area contributed by atoms with E-state index in [0.29, 0.717) is 16.0 Å². The predicted octanol–water partition coefficient (Wildman–Crippen LogP) is 1.18. The molecule has 1 heterocycles. The number of carbonyl (C=O) groups is 1. The van der Waals surface area contributed by atoms with Crippen molar-refractivity contribution in [1.82, 2.24) is 4.98 Å². The highest BCUT2D eigenvalue weighted by molar-refractivity contribution is 7.80. The number of Topliss-reactive ketones (excluding diaryl/α,β-unsaturated/α-hetero) is 1. The average molecular weight is 214 g/mol. The zero-order chi connectivity index (χ0) is 9.84. The van der Waals surface area contributed by atoms with Gasteiger partial charge in [-0.2, -0.15) is 12.6 Å². The smallest absolute Gasteiger partial charge is 0.183 e. The summed E-state index contributed by atoms with van der Waals surface area (Å²) in [6.45, 7) is 0. The monoisotopic (exact) mass is 214 g/mol. The molecule has 0 spiro atoms. The van der Waals surface area contributed by atoms with Crippen molar-refractivity contribution >= 4 is 30.6 Å². The molecule has 0 fully saturated rings. The molecule has 3 N–H and O–H groups in total. The van der Waals surface area contributed by atoms with Crippen LogP contribution in [0.4, 0.5) is 0 Å². The highest BCUT2D eigenvalue weighted by Crippen LogP contribution is 2.03. The Morgan fingerprint density at radius 3 is 3.00 bits per heavy atom. The van der Waals surface area contributed by atoms with Gasteiger partial charge in [-0.15, -0.1) is 0 Å². The van der Waals surface area contributed by atoms with Gasteiger partial charge in [-0.05, 0) is 12.1 Å². The van der Waals surface area contributed by atoms with Crippen molar-refractivity contribution in [3.63, 3.8) is 0 Å². The molecule has 1 rings (SSSR count). The zero-order valence-corrected chi connectivity index (χ0v) is 8.57. The van der Waals surface area contributed by atoms with Gasteiger partial charge in [0.05, 0.1) is 11.6 Å². The van der Waals surface area contributed by atoms with E-state index in [2.05, 4.69) is 17.6 Å². The molecule has 70 valence electrons. The van der Waals surface area contributed by atoms with Gasteiger partial charge in [0.15, 0.2) is 5.78 Å². The van der Waals surface area contributed by atoms with Crippen molar-refractivity contribution < 1.29 is 4.79 Å². The number of rotatable bonds is 3. The van der Waals surface area contributed by atoms with E-state index in [1.807, 2.05) is 0 Å². The maximum atomic E-state index is 11.5. The van der Waals surface area contributed by atoms with E-state index in [1.165, 1.54) is 0 Å². The summed E-state index contributed by atoms with van der Waals surface area (Å²) in [6.07, 6.45) is 1.67. The van der Waals surface area contributed by atoms with Crippen LogP contribution in [0.25, 0.3) is 0 Å². The van der Waals surface area contributed by atoms with Crippen LogP contribution in [-0.2, 0) is 0 Å². The zero-order valence-electron chi connectivity index (χ0n) is 6.86. The lowest BCUT2D eigenvalue weighted by molar-refractivity contribution is 0.0969. The van der Waals surface area contributed by atoms with Crippen LogP contribution in [0.15, 0.2) is 18.3 Å². The Morgan fingerprint density at radius 1 is 1.77 bits per heavy atom. The summed E-state index contributed by atoms with van der Waals surface area (Å²) in [5.74, 6) is 0.152. The van der Waals surface area contributed by atoms with Crippen molar-refractivity contribution in [2.75, 3.05) is 5.75 Å². The van der Waals surface area contributed by atoms with E-state index in [-0.39, 0.29) is 5.78 Å². The van der Waals surface area contributed by atoms with E-state index >= 15 is 0 Å². The lowest BCUT2D eigenvalue weighted by Crippen LogP contribution is -2.32. The van der Waals surface area contributed by atoms with Crippen LogP contribution in [-0.4, -0.2) is 22.6 Å². The van der Waals surface area contributed by atoms with Gasteiger partial charge >= 0.3 is 0 Å². The van der Waals surface area contributed by atoms with Gasteiger partial charge < -0.3 is 10.7 Å². The van der Waals surface area contributed by atoms with E-state index in [0.717, 1.165) is 0 Å².